The molecule has 92 valence electrons. The molecule has 1 aromatic carbocycles. The maximum atomic E-state index is 4.53. The highest BCUT2D eigenvalue weighted by molar-refractivity contribution is 5.86. The van der Waals surface area contributed by atoms with Crippen molar-refractivity contribution in [3.63, 3.8) is 0 Å². The van der Waals surface area contributed by atoms with E-state index in [1.165, 1.54) is 29.3 Å². The molecule has 0 unspecified atom stereocenters. The summed E-state index contributed by atoms with van der Waals surface area (Å²) in [6.07, 6.45) is 4.38. The first-order valence-electron chi connectivity index (χ1n) is 5.52. The molecule has 1 aromatic heterocycles. The van der Waals surface area contributed by atoms with Crippen LogP contribution in [0.2, 0.25) is 0 Å². The van der Waals surface area contributed by atoms with Gasteiger partial charge in [-0.05, 0) is 30.8 Å². The van der Waals surface area contributed by atoms with Gasteiger partial charge in [0.2, 0.25) is 0 Å². The summed E-state index contributed by atoms with van der Waals surface area (Å²) < 4.78 is 0. The van der Waals surface area contributed by atoms with Crippen molar-refractivity contribution in [2.75, 3.05) is 6.54 Å². The number of pyridine rings is 1. The van der Waals surface area contributed by atoms with Crippen molar-refractivity contribution in [1.29, 1.82) is 0 Å². The second kappa shape index (κ2) is 6.20. The van der Waals surface area contributed by atoms with E-state index in [0.717, 1.165) is 6.54 Å². The van der Waals surface area contributed by atoms with E-state index >= 15 is 0 Å². The smallest absolute Gasteiger partial charge is 0.0651 e. The van der Waals surface area contributed by atoms with E-state index in [0.29, 0.717) is 6.04 Å². The second-order valence-corrected chi connectivity index (χ2v) is 4.07. The summed E-state index contributed by atoms with van der Waals surface area (Å²) >= 11 is 0. The molecular weight excluding hydrogens is 255 g/mol. The molecule has 2 heterocycles. The Morgan fingerprint density at radius 1 is 1.12 bits per heavy atom. The molecule has 3 rings (SSSR count). The molecule has 1 fully saturated rings. The van der Waals surface area contributed by atoms with Gasteiger partial charge in [0.25, 0.3) is 0 Å². The van der Waals surface area contributed by atoms with Gasteiger partial charge >= 0.3 is 0 Å². The number of nitrogens with one attached hydrogen (secondary N) is 1. The van der Waals surface area contributed by atoms with Crippen LogP contribution in [0.25, 0.3) is 10.8 Å². The van der Waals surface area contributed by atoms with Gasteiger partial charge in [0.1, 0.15) is 0 Å². The Morgan fingerprint density at radius 3 is 2.71 bits per heavy atom. The minimum atomic E-state index is 0. The summed E-state index contributed by atoms with van der Waals surface area (Å²) in [5.74, 6) is 0. The van der Waals surface area contributed by atoms with Crippen LogP contribution in [0.5, 0.6) is 0 Å². The molecule has 1 N–H and O–H groups in total. The van der Waals surface area contributed by atoms with Crippen LogP contribution >= 0.6 is 24.8 Å². The largest absolute Gasteiger partial charge is 0.309 e. The summed E-state index contributed by atoms with van der Waals surface area (Å²) in [6.45, 7) is 1.12. The third-order valence-corrected chi connectivity index (χ3v) is 3.09. The second-order valence-electron chi connectivity index (χ2n) is 4.07. The lowest BCUT2D eigenvalue weighted by Crippen LogP contribution is -2.14. The van der Waals surface area contributed by atoms with Crippen molar-refractivity contribution in [1.82, 2.24) is 10.3 Å². The minimum Gasteiger partial charge on any atom is -0.309 e. The van der Waals surface area contributed by atoms with Gasteiger partial charge in [0.15, 0.2) is 0 Å². The summed E-state index contributed by atoms with van der Waals surface area (Å²) in [7, 11) is 0. The van der Waals surface area contributed by atoms with Crippen LogP contribution in [0, 0.1) is 0 Å². The van der Waals surface area contributed by atoms with E-state index in [2.05, 4.69) is 40.6 Å². The van der Waals surface area contributed by atoms with E-state index in [1.54, 1.807) is 0 Å². The Bertz CT molecular complexity index is 476. The maximum absolute atomic E-state index is 4.53. The van der Waals surface area contributed by atoms with Gasteiger partial charge in [0.05, 0.1) is 11.7 Å². The van der Waals surface area contributed by atoms with Crippen LogP contribution in [0.15, 0.2) is 36.5 Å². The summed E-state index contributed by atoms with van der Waals surface area (Å²) in [5, 5.41) is 6.08. The molecule has 4 heteroatoms. The molecule has 1 aliphatic rings. The number of fused-ring (bicyclic) bond motifs is 1. The van der Waals surface area contributed by atoms with Crippen LogP contribution in [0.4, 0.5) is 0 Å². The molecule has 0 saturated carbocycles. The van der Waals surface area contributed by atoms with E-state index < -0.39 is 0 Å². The number of hydrogen-bond acceptors (Lipinski definition) is 2. The van der Waals surface area contributed by atoms with Gasteiger partial charge in [-0.15, -0.1) is 24.8 Å². The van der Waals surface area contributed by atoms with Crippen LogP contribution in [-0.4, -0.2) is 11.5 Å². The van der Waals surface area contributed by atoms with E-state index in [-0.39, 0.29) is 24.8 Å². The van der Waals surface area contributed by atoms with Crippen LogP contribution in [-0.2, 0) is 0 Å². The normalized spacial score (nSPS) is 18.5. The molecule has 17 heavy (non-hydrogen) atoms. The third kappa shape index (κ3) is 2.71. The minimum absolute atomic E-state index is 0. The van der Waals surface area contributed by atoms with E-state index in [9.17, 15) is 0 Å². The molecule has 0 radical (unpaired) electrons. The summed E-state index contributed by atoms with van der Waals surface area (Å²) in [6, 6.07) is 11.0. The molecule has 1 atom stereocenters. The number of hydrogen-bond donors (Lipinski definition) is 1. The quantitative estimate of drug-likeness (QED) is 0.858. The molecular formula is C13H16Cl2N2. The predicted octanol–water partition coefficient (Wildman–Crippen LogP) is 3.50. The van der Waals surface area contributed by atoms with E-state index in [4.69, 9.17) is 0 Å². The number of aromatic nitrogens is 1. The Morgan fingerprint density at radius 2 is 1.94 bits per heavy atom. The zero-order chi connectivity index (χ0) is 10.1. The lowest BCUT2D eigenvalue weighted by molar-refractivity contribution is 0.634. The summed E-state index contributed by atoms with van der Waals surface area (Å²) in [4.78, 5) is 4.53. The lowest BCUT2D eigenvalue weighted by atomic mass is 10.0. The van der Waals surface area contributed by atoms with E-state index in [1.807, 2.05) is 6.20 Å². The number of benzene rings is 1. The van der Waals surface area contributed by atoms with Crippen molar-refractivity contribution >= 4 is 35.6 Å². The fourth-order valence-electron chi connectivity index (χ4n) is 2.34. The fraction of sp³-hybridized carbons (Fsp3) is 0.308. The van der Waals surface area contributed by atoms with Crippen molar-refractivity contribution in [3.8, 4) is 0 Å². The molecule has 0 bridgehead atoms. The molecule has 0 aliphatic carbocycles. The third-order valence-electron chi connectivity index (χ3n) is 3.09. The van der Waals surface area contributed by atoms with Crippen molar-refractivity contribution in [2.45, 2.75) is 18.9 Å². The highest BCUT2D eigenvalue weighted by Gasteiger charge is 2.18. The molecule has 1 saturated heterocycles. The number of rotatable bonds is 1. The van der Waals surface area contributed by atoms with Gasteiger partial charge in [-0.2, -0.15) is 0 Å². The molecule has 0 spiro atoms. The monoisotopic (exact) mass is 270 g/mol. The summed E-state index contributed by atoms with van der Waals surface area (Å²) in [5.41, 5.74) is 1.21. The van der Waals surface area contributed by atoms with Crippen LogP contribution in [0.3, 0.4) is 0 Å². The Hall–Kier alpha value is -0.830. The van der Waals surface area contributed by atoms with Crippen molar-refractivity contribution in [3.05, 3.63) is 42.2 Å². The molecule has 0 amide bonds. The number of halogens is 2. The topological polar surface area (TPSA) is 24.9 Å². The Kier molecular flexibility index (Phi) is 5.19. The first-order valence-corrected chi connectivity index (χ1v) is 5.52. The first kappa shape index (κ1) is 14.2. The lowest BCUT2D eigenvalue weighted by Gasteiger charge is -2.12. The first-order chi connectivity index (χ1) is 7.45. The zero-order valence-electron chi connectivity index (χ0n) is 9.43. The zero-order valence-corrected chi connectivity index (χ0v) is 11.1. The average molecular weight is 271 g/mol. The number of nitrogens with zero attached hydrogens (tertiary/aromatic N) is 1. The van der Waals surface area contributed by atoms with Crippen molar-refractivity contribution in [2.24, 2.45) is 0 Å². The highest BCUT2D eigenvalue weighted by atomic mass is 35.5. The highest BCUT2D eigenvalue weighted by Crippen LogP contribution is 2.27. The molecule has 2 nitrogen and oxygen atoms in total. The maximum Gasteiger partial charge on any atom is 0.0651 e. The van der Waals surface area contributed by atoms with Gasteiger partial charge in [-0.1, -0.05) is 24.3 Å². The predicted molar refractivity (Wildman–Crippen MR) is 76.2 cm³/mol. The van der Waals surface area contributed by atoms with Gasteiger partial charge in [-0.25, -0.2) is 0 Å². The Labute approximate surface area is 114 Å². The van der Waals surface area contributed by atoms with Crippen LogP contribution < -0.4 is 5.32 Å². The SMILES string of the molecule is Cl.Cl.c1ccc2c([C@H]3CCCN3)nccc2c1. The van der Waals surface area contributed by atoms with Gasteiger partial charge in [-0.3, -0.25) is 4.98 Å². The standard InChI is InChI=1S/C13H14N2.2ClH/c1-2-5-11-10(4-1)7-9-15-13(11)12-6-3-8-14-12;;/h1-2,4-5,7,9,12,14H,3,6,8H2;2*1H/t12-;;/m1../s1. The molecule has 1 aliphatic heterocycles. The Balaban J connectivity index is 0.000000722. The van der Waals surface area contributed by atoms with Crippen molar-refractivity contribution < 1.29 is 0 Å². The average Bonchev–Trinajstić information content (AvgIpc) is 2.82. The van der Waals surface area contributed by atoms with Crippen LogP contribution in [0.1, 0.15) is 24.6 Å². The molecule has 2 aromatic rings. The fourth-order valence-corrected chi connectivity index (χ4v) is 2.34. The van der Waals surface area contributed by atoms with Gasteiger partial charge < -0.3 is 5.32 Å². The van der Waals surface area contributed by atoms with Gasteiger partial charge in [0, 0.05) is 11.6 Å².